The van der Waals surface area contributed by atoms with Crippen molar-refractivity contribution in [2.45, 2.75) is 18.5 Å². The molecule has 2 aromatic rings. The number of methoxy groups -OCH3 is 1. The van der Waals surface area contributed by atoms with Crippen molar-refractivity contribution < 1.29 is 4.74 Å². The molecule has 0 aliphatic carbocycles. The molecule has 0 saturated carbocycles. The normalized spacial score (nSPS) is 24.2. The van der Waals surface area contributed by atoms with Crippen LogP contribution >= 0.6 is 15.9 Å². The van der Waals surface area contributed by atoms with E-state index in [-0.39, 0.29) is 0 Å². The highest BCUT2D eigenvalue weighted by Gasteiger charge is 2.41. The highest BCUT2D eigenvalue weighted by molar-refractivity contribution is 9.10. The van der Waals surface area contributed by atoms with Gasteiger partial charge in [-0.2, -0.15) is 0 Å². The van der Waals surface area contributed by atoms with Gasteiger partial charge in [0, 0.05) is 43.1 Å². The summed E-state index contributed by atoms with van der Waals surface area (Å²) >= 11 is 3.39. The standard InChI is InChI=1S/C16H19BrN4O/c1-19-7-13-5-12(19)8-21(13)11-3-4-14(15(6-11)22-2)20-9-16(17)18-10-20/h3-4,6,9-10,12-13H,5,7-8H2,1-2H3/t12-,13-/m1/s1. The second-order valence-electron chi connectivity index (χ2n) is 6.10. The molecule has 4 rings (SSSR count). The second-order valence-corrected chi connectivity index (χ2v) is 6.91. The molecular weight excluding hydrogens is 344 g/mol. The number of benzene rings is 1. The zero-order valence-corrected chi connectivity index (χ0v) is 14.3. The summed E-state index contributed by atoms with van der Waals surface area (Å²) < 4.78 is 8.40. The van der Waals surface area contributed by atoms with E-state index < -0.39 is 0 Å². The highest BCUT2D eigenvalue weighted by Crippen LogP contribution is 2.36. The average molecular weight is 363 g/mol. The van der Waals surface area contributed by atoms with Gasteiger partial charge in [-0.15, -0.1) is 0 Å². The number of hydrogen-bond acceptors (Lipinski definition) is 4. The first-order valence-corrected chi connectivity index (χ1v) is 8.30. The number of likely N-dealkylation sites (N-methyl/N-ethyl adjacent to an activating group) is 1. The summed E-state index contributed by atoms with van der Waals surface area (Å²) in [5.41, 5.74) is 2.26. The van der Waals surface area contributed by atoms with Crippen LogP contribution in [0.25, 0.3) is 5.69 Å². The summed E-state index contributed by atoms with van der Waals surface area (Å²) in [6.45, 7) is 2.27. The van der Waals surface area contributed by atoms with Crippen LogP contribution in [0.1, 0.15) is 6.42 Å². The predicted molar refractivity (Wildman–Crippen MR) is 90.0 cm³/mol. The molecule has 1 aromatic carbocycles. The van der Waals surface area contributed by atoms with E-state index in [1.54, 1.807) is 13.4 Å². The van der Waals surface area contributed by atoms with Gasteiger partial charge in [-0.1, -0.05) is 0 Å². The number of likely N-dealkylation sites (tertiary alicyclic amines) is 1. The molecule has 0 amide bonds. The first kappa shape index (κ1) is 14.1. The van der Waals surface area contributed by atoms with E-state index in [1.807, 2.05) is 10.8 Å². The van der Waals surface area contributed by atoms with Crippen LogP contribution in [0.2, 0.25) is 0 Å². The minimum Gasteiger partial charge on any atom is -0.494 e. The molecular formula is C16H19BrN4O. The fraction of sp³-hybridized carbons (Fsp3) is 0.438. The molecule has 0 spiro atoms. The molecule has 2 atom stereocenters. The van der Waals surface area contributed by atoms with Gasteiger partial charge < -0.3 is 14.2 Å². The van der Waals surface area contributed by atoms with E-state index in [1.165, 1.54) is 12.1 Å². The van der Waals surface area contributed by atoms with Crippen molar-refractivity contribution >= 4 is 21.6 Å². The van der Waals surface area contributed by atoms with Gasteiger partial charge in [0.15, 0.2) is 0 Å². The lowest BCUT2D eigenvalue weighted by Gasteiger charge is -2.34. The number of rotatable bonds is 3. The molecule has 6 heteroatoms. The lowest BCUT2D eigenvalue weighted by atomic mass is 10.2. The largest absolute Gasteiger partial charge is 0.494 e. The molecule has 3 heterocycles. The number of aromatic nitrogens is 2. The maximum Gasteiger partial charge on any atom is 0.144 e. The number of anilines is 1. The molecule has 2 saturated heterocycles. The van der Waals surface area contributed by atoms with E-state index >= 15 is 0 Å². The van der Waals surface area contributed by atoms with Crippen molar-refractivity contribution in [1.29, 1.82) is 0 Å². The third kappa shape index (κ3) is 2.21. The molecule has 2 aliphatic rings. The molecule has 0 unspecified atom stereocenters. The van der Waals surface area contributed by atoms with Crippen LogP contribution in [-0.2, 0) is 0 Å². The Balaban J connectivity index is 1.66. The molecule has 2 bridgehead atoms. The molecule has 116 valence electrons. The number of piperazine rings is 1. The predicted octanol–water partition coefficient (Wildman–Crippen LogP) is 2.54. The van der Waals surface area contributed by atoms with Gasteiger partial charge >= 0.3 is 0 Å². The fourth-order valence-corrected chi connectivity index (χ4v) is 3.98. The minimum atomic E-state index is 0.632. The van der Waals surface area contributed by atoms with E-state index in [2.05, 4.69) is 56.0 Å². The first-order chi connectivity index (χ1) is 10.7. The third-order valence-corrected chi connectivity index (χ3v) is 5.25. The van der Waals surface area contributed by atoms with Crippen molar-refractivity contribution in [1.82, 2.24) is 14.5 Å². The Bertz CT molecular complexity index is 699. The third-order valence-electron chi connectivity index (χ3n) is 4.84. The quantitative estimate of drug-likeness (QED) is 0.839. The lowest BCUT2D eigenvalue weighted by molar-refractivity contribution is 0.292. The molecule has 0 N–H and O–H groups in total. The number of fused-ring (bicyclic) bond motifs is 2. The molecule has 1 aromatic heterocycles. The Morgan fingerprint density at radius 1 is 1.27 bits per heavy atom. The number of halogens is 1. The van der Waals surface area contributed by atoms with Crippen molar-refractivity contribution in [2.24, 2.45) is 0 Å². The van der Waals surface area contributed by atoms with Crippen molar-refractivity contribution in [2.75, 3.05) is 32.1 Å². The lowest BCUT2D eigenvalue weighted by Crippen LogP contribution is -2.44. The smallest absolute Gasteiger partial charge is 0.144 e. The minimum absolute atomic E-state index is 0.632. The van der Waals surface area contributed by atoms with E-state index in [4.69, 9.17) is 4.74 Å². The monoisotopic (exact) mass is 362 g/mol. The Morgan fingerprint density at radius 3 is 2.73 bits per heavy atom. The van der Waals surface area contributed by atoms with Crippen molar-refractivity contribution in [3.05, 3.63) is 35.3 Å². The number of ether oxygens (including phenoxy) is 1. The number of imidazole rings is 1. The molecule has 2 aliphatic heterocycles. The molecule has 22 heavy (non-hydrogen) atoms. The molecule has 5 nitrogen and oxygen atoms in total. The van der Waals surface area contributed by atoms with Gasteiger partial charge in [-0.05, 0) is 41.5 Å². The SMILES string of the molecule is COc1cc(N2C[C@H]3C[C@@H]2CN3C)ccc1-n1cnc(Br)c1. The van der Waals surface area contributed by atoms with E-state index in [0.717, 1.165) is 29.1 Å². The number of hydrogen-bond donors (Lipinski definition) is 0. The summed E-state index contributed by atoms with van der Waals surface area (Å²) in [5, 5.41) is 0. The average Bonchev–Trinajstić information content (AvgIpc) is 3.21. The van der Waals surface area contributed by atoms with Gasteiger partial charge in [-0.3, -0.25) is 4.90 Å². The maximum absolute atomic E-state index is 5.61. The van der Waals surface area contributed by atoms with Crippen LogP contribution in [0.3, 0.4) is 0 Å². The number of nitrogens with zero attached hydrogens (tertiary/aromatic N) is 4. The topological polar surface area (TPSA) is 33.5 Å². The van der Waals surface area contributed by atoms with Gasteiger partial charge in [0.2, 0.25) is 0 Å². The van der Waals surface area contributed by atoms with Gasteiger partial charge in [0.25, 0.3) is 0 Å². The van der Waals surface area contributed by atoms with Crippen molar-refractivity contribution in [3.8, 4) is 11.4 Å². The van der Waals surface area contributed by atoms with Crippen LogP contribution in [0.15, 0.2) is 35.3 Å². The highest BCUT2D eigenvalue weighted by atomic mass is 79.9. The van der Waals surface area contributed by atoms with Crippen LogP contribution in [0.4, 0.5) is 5.69 Å². The van der Waals surface area contributed by atoms with Crippen LogP contribution in [-0.4, -0.2) is 53.8 Å². The Kier molecular flexibility index (Phi) is 3.38. The summed E-state index contributed by atoms with van der Waals surface area (Å²) in [6, 6.07) is 7.77. The van der Waals surface area contributed by atoms with Gasteiger partial charge in [0.05, 0.1) is 12.8 Å². The second kappa shape index (κ2) is 5.28. The fourth-order valence-electron chi connectivity index (χ4n) is 3.67. The van der Waals surface area contributed by atoms with Crippen molar-refractivity contribution in [3.63, 3.8) is 0 Å². The van der Waals surface area contributed by atoms with Gasteiger partial charge in [0.1, 0.15) is 16.7 Å². The Hall–Kier alpha value is -1.53. The Labute approximate surface area is 138 Å². The maximum atomic E-state index is 5.61. The van der Waals surface area contributed by atoms with Gasteiger partial charge in [-0.25, -0.2) is 4.98 Å². The summed E-state index contributed by atoms with van der Waals surface area (Å²) in [6.07, 6.45) is 4.99. The Morgan fingerprint density at radius 2 is 2.14 bits per heavy atom. The van der Waals surface area contributed by atoms with Crippen LogP contribution < -0.4 is 9.64 Å². The van der Waals surface area contributed by atoms with Crippen LogP contribution in [0.5, 0.6) is 5.75 Å². The summed E-state index contributed by atoms with van der Waals surface area (Å²) in [4.78, 5) is 9.20. The zero-order valence-electron chi connectivity index (χ0n) is 12.7. The zero-order chi connectivity index (χ0) is 15.3. The molecule has 0 radical (unpaired) electrons. The summed E-state index contributed by atoms with van der Waals surface area (Å²) in [7, 11) is 3.95. The first-order valence-electron chi connectivity index (χ1n) is 7.50. The summed E-state index contributed by atoms with van der Waals surface area (Å²) in [5.74, 6) is 0.874. The van der Waals surface area contributed by atoms with E-state index in [0.29, 0.717) is 12.1 Å². The molecule has 2 fully saturated rings. The van der Waals surface area contributed by atoms with E-state index in [9.17, 15) is 0 Å². The van der Waals surface area contributed by atoms with Crippen LogP contribution in [0, 0.1) is 0 Å².